The van der Waals surface area contributed by atoms with Crippen molar-refractivity contribution in [3.05, 3.63) is 11.6 Å². The van der Waals surface area contributed by atoms with E-state index in [1.807, 2.05) is 0 Å². The van der Waals surface area contributed by atoms with Crippen LogP contribution in [0.25, 0.3) is 0 Å². The molecule has 0 unspecified atom stereocenters. The third kappa shape index (κ3) is 26.2. The summed E-state index contributed by atoms with van der Waals surface area (Å²) >= 11 is 10.2. The molecule has 0 saturated heterocycles. The monoisotopic (exact) mass is 199 g/mol. The highest BCUT2D eigenvalue weighted by Crippen LogP contribution is 1.79. The number of amides is 1. The van der Waals surface area contributed by atoms with Gasteiger partial charge in [-0.05, 0) is 6.92 Å². The predicted octanol–water partition coefficient (Wildman–Crippen LogP) is 2.25. The Morgan fingerprint density at radius 3 is 2.27 bits per heavy atom. The molecule has 11 heavy (non-hydrogen) atoms. The van der Waals surface area contributed by atoms with Gasteiger partial charge in [-0.25, -0.2) is 4.79 Å². The summed E-state index contributed by atoms with van der Waals surface area (Å²) in [6.45, 7) is 2.21. The zero-order valence-electron chi connectivity index (χ0n) is 6.18. The van der Waals surface area contributed by atoms with Gasteiger partial charge in [-0.15, -0.1) is 11.6 Å². The number of alkyl halides is 1. The van der Waals surface area contributed by atoms with E-state index in [1.54, 1.807) is 13.0 Å². The number of rotatable bonds is 2. The molecule has 0 aliphatic heterocycles. The summed E-state index contributed by atoms with van der Waals surface area (Å²) in [5.41, 5.74) is 1.40. The standard InChI is InChI=1S/C3H4Cl2.C3H7NO2/c4-2-1-3-5;1-2-4-3(5)6/h1-2H,3H2;4H,2H2,1H3,(H,5,6). The first kappa shape index (κ1) is 13.2. The number of hydrogen-bond donors (Lipinski definition) is 2. The van der Waals surface area contributed by atoms with Crippen molar-refractivity contribution in [3.63, 3.8) is 0 Å². The Balaban J connectivity index is 0. The highest BCUT2D eigenvalue weighted by Gasteiger charge is 1.82. The lowest BCUT2D eigenvalue weighted by Crippen LogP contribution is -2.19. The third-order valence-corrected chi connectivity index (χ3v) is 0.863. The molecule has 0 fully saturated rings. The lowest BCUT2D eigenvalue weighted by atomic mass is 10.8. The van der Waals surface area contributed by atoms with Crippen molar-refractivity contribution in [2.75, 3.05) is 12.4 Å². The van der Waals surface area contributed by atoms with Crippen LogP contribution in [0, 0.1) is 0 Å². The molecule has 0 aliphatic rings. The Hall–Kier alpha value is -0.410. The molecule has 0 aliphatic carbocycles. The average molecular weight is 200 g/mol. The zero-order valence-corrected chi connectivity index (χ0v) is 7.69. The van der Waals surface area contributed by atoms with Gasteiger partial charge in [-0.3, -0.25) is 0 Å². The summed E-state index contributed by atoms with van der Waals surface area (Å²) in [6, 6.07) is 0. The van der Waals surface area contributed by atoms with Crippen LogP contribution in [0.5, 0.6) is 0 Å². The highest BCUT2D eigenvalue weighted by molar-refractivity contribution is 6.26. The van der Waals surface area contributed by atoms with Crippen molar-refractivity contribution in [1.82, 2.24) is 5.32 Å². The lowest BCUT2D eigenvalue weighted by molar-refractivity contribution is 0.195. The second-order valence-electron chi connectivity index (χ2n) is 1.35. The molecule has 1 amide bonds. The van der Waals surface area contributed by atoms with Crippen molar-refractivity contribution < 1.29 is 9.90 Å². The highest BCUT2D eigenvalue weighted by atomic mass is 35.5. The molecule has 0 aromatic carbocycles. The van der Waals surface area contributed by atoms with Gasteiger partial charge < -0.3 is 10.4 Å². The van der Waals surface area contributed by atoms with E-state index in [2.05, 4.69) is 5.32 Å². The quantitative estimate of drug-likeness (QED) is 0.671. The smallest absolute Gasteiger partial charge is 0.404 e. The molecule has 2 N–H and O–H groups in total. The maximum atomic E-state index is 9.49. The summed E-state index contributed by atoms with van der Waals surface area (Å²) in [7, 11) is 0. The van der Waals surface area contributed by atoms with Gasteiger partial charge in [-0.2, -0.15) is 0 Å². The van der Waals surface area contributed by atoms with E-state index < -0.39 is 6.09 Å². The van der Waals surface area contributed by atoms with E-state index in [4.69, 9.17) is 28.3 Å². The molecule has 0 heterocycles. The fourth-order valence-corrected chi connectivity index (χ4v) is 0.454. The van der Waals surface area contributed by atoms with Crippen LogP contribution in [0.3, 0.4) is 0 Å². The molecule has 0 aromatic rings. The molecular weight excluding hydrogens is 189 g/mol. The number of carboxylic acid groups (broad SMARTS) is 1. The first-order valence-corrected chi connectivity index (χ1v) is 3.94. The minimum Gasteiger partial charge on any atom is -0.465 e. The molecule has 0 bridgehead atoms. The van der Waals surface area contributed by atoms with Crippen LogP contribution in [0.2, 0.25) is 0 Å². The first-order chi connectivity index (χ1) is 5.18. The minimum atomic E-state index is -0.961. The fourth-order valence-electron chi connectivity index (χ4n) is 0.185. The van der Waals surface area contributed by atoms with Crippen molar-refractivity contribution in [3.8, 4) is 0 Å². The molecule has 0 saturated carbocycles. The molecule has 0 rings (SSSR count). The van der Waals surface area contributed by atoms with Crippen molar-refractivity contribution >= 4 is 29.3 Å². The summed E-state index contributed by atoms with van der Waals surface area (Å²) in [5.74, 6) is 0.503. The summed E-state index contributed by atoms with van der Waals surface area (Å²) in [4.78, 5) is 9.49. The zero-order chi connectivity index (χ0) is 9.11. The normalized spacial score (nSPS) is 8.64. The Labute approximate surface area is 76.0 Å². The van der Waals surface area contributed by atoms with Gasteiger partial charge in [0.25, 0.3) is 0 Å². The van der Waals surface area contributed by atoms with E-state index in [0.29, 0.717) is 12.4 Å². The Morgan fingerprint density at radius 1 is 1.73 bits per heavy atom. The van der Waals surface area contributed by atoms with E-state index in [1.165, 1.54) is 5.54 Å². The van der Waals surface area contributed by atoms with Crippen molar-refractivity contribution in [2.24, 2.45) is 0 Å². The Kier molecular flexibility index (Phi) is 14.7. The number of allylic oxidation sites excluding steroid dienone is 1. The second-order valence-corrected chi connectivity index (χ2v) is 1.91. The first-order valence-electron chi connectivity index (χ1n) is 2.97. The van der Waals surface area contributed by atoms with Crippen LogP contribution in [-0.2, 0) is 0 Å². The van der Waals surface area contributed by atoms with Crippen molar-refractivity contribution in [1.29, 1.82) is 0 Å². The van der Waals surface area contributed by atoms with E-state index >= 15 is 0 Å². The van der Waals surface area contributed by atoms with E-state index in [-0.39, 0.29) is 0 Å². The van der Waals surface area contributed by atoms with Crippen molar-refractivity contribution in [2.45, 2.75) is 6.92 Å². The molecular formula is C6H11Cl2NO2. The third-order valence-electron chi connectivity index (χ3n) is 0.506. The van der Waals surface area contributed by atoms with Crippen LogP contribution in [-0.4, -0.2) is 23.6 Å². The molecule has 66 valence electrons. The van der Waals surface area contributed by atoms with Gasteiger partial charge in [0.15, 0.2) is 0 Å². The molecule has 3 nitrogen and oxygen atoms in total. The van der Waals surface area contributed by atoms with Gasteiger partial charge in [0.1, 0.15) is 0 Å². The number of carbonyl (C=O) groups is 1. The summed E-state index contributed by atoms with van der Waals surface area (Å²) in [5, 5.41) is 9.93. The lowest BCUT2D eigenvalue weighted by Gasteiger charge is -1.87. The molecule has 0 spiro atoms. The van der Waals surface area contributed by atoms with Gasteiger partial charge in [-0.1, -0.05) is 17.7 Å². The molecule has 5 heteroatoms. The van der Waals surface area contributed by atoms with Gasteiger partial charge in [0.2, 0.25) is 0 Å². The summed E-state index contributed by atoms with van der Waals surface area (Å²) < 4.78 is 0. The van der Waals surface area contributed by atoms with E-state index in [9.17, 15) is 4.79 Å². The maximum Gasteiger partial charge on any atom is 0.404 e. The van der Waals surface area contributed by atoms with E-state index in [0.717, 1.165) is 0 Å². The SMILES string of the molecule is CCNC(=O)O.ClC=CCCl. The van der Waals surface area contributed by atoms with Gasteiger partial charge in [0, 0.05) is 18.0 Å². The van der Waals surface area contributed by atoms with Crippen LogP contribution in [0.1, 0.15) is 6.92 Å². The number of nitrogens with one attached hydrogen (secondary N) is 1. The summed E-state index contributed by atoms with van der Waals surface area (Å²) in [6.07, 6.45) is 0.695. The van der Waals surface area contributed by atoms with Crippen LogP contribution >= 0.6 is 23.2 Å². The molecule has 0 atom stereocenters. The Morgan fingerprint density at radius 2 is 2.27 bits per heavy atom. The topological polar surface area (TPSA) is 49.3 Å². The Bertz CT molecular complexity index is 117. The van der Waals surface area contributed by atoms with Crippen LogP contribution in [0.15, 0.2) is 11.6 Å². The predicted molar refractivity (Wildman–Crippen MR) is 47.4 cm³/mol. The fraction of sp³-hybridized carbons (Fsp3) is 0.500. The average Bonchev–Trinajstić information content (AvgIpc) is 1.90. The van der Waals surface area contributed by atoms with Crippen LogP contribution in [0.4, 0.5) is 4.79 Å². The van der Waals surface area contributed by atoms with Gasteiger partial charge >= 0.3 is 6.09 Å². The second kappa shape index (κ2) is 12.3. The van der Waals surface area contributed by atoms with Gasteiger partial charge in [0.05, 0.1) is 0 Å². The minimum absolute atomic E-state index is 0.481. The number of halogens is 2. The molecule has 0 radical (unpaired) electrons. The molecule has 0 aromatic heterocycles. The van der Waals surface area contributed by atoms with Crippen LogP contribution < -0.4 is 5.32 Å². The largest absolute Gasteiger partial charge is 0.465 e. The maximum absolute atomic E-state index is 9.49. The number of hydrogen-bond acceptors (Lipinski definition) is 1.